The molecular formula is C23H22F6OS2Sb-. The molecule has 3 aromatic rings. The molecule has 0 saturated heterocycles. The monoisotopic (exact) mass is 613 g/mol. The number of hydrogen-bond acceptors (Lipinski definition) is 3. The van der Waals surface area contributed by atoms with Crippen LogP contribution in [0.1, 0.15) is 35.1 Å². The third-order valence-corrected chi connectivity index (χ3v) is 7.52. The summed E-state index contributed by atoms with van der Waals surface area (Å²) in [6, 6.07) is 16.6. The van der Waals surface area contributed by atoms with Crippen LogP contribution in [0.15, 0.2) is 64.3 Å². The third kappa shape index (κ3) is 7.79. The van der Waals surface area contributed by atoms with Crippen LogP contribution in [0.3, 0.4) is 0 Å². The Kier molecular flexibility index (Phi) is 6.86. The van der Waals surface area contributed by atoms with Gasteiger partial charge in [-0.3, -0.25) is 4.79 Å². The summed E-state index contributed by atoms with van der Waals surface area (Å²) in [6.45, 7) is 6.60. The van der Waals surface area contributed by atoms with Crippen molar-refractivity contribution in [2.75, 3.05) is 0 Å². The molecule has 0 N–H and O–H groups in total. The average Bonchev–Trinajstić information content (AvgIpc) is 2.67. The Morgan fingerprint density at radius 3 is 2.09 bits per heavy atom. The second kappa shape index (κ2) is 8.65. The number of halogens is 6. The molecule has 1 aromatic heterocycles. The van der Waals surface area contributed by atoms with E-state index < -0.39 is 19.5 Å². The van der Waals surface area contributed by atoms with E-state index in [1.54, 1.807) is 11.3 Å². The number of benzene rings is 2. The van der Waals surface area contributed by atoms with E-state index in [0.29, 0.717) is 11.8 Å². The number of aryl methyl sites for hydroxylation is 1. The molecule has 0 bridgehead atoms. The second-order valence-electron chi connectivity index (χ2n) is 8.20. The Morgan fingerprint density at radius 1 is 0.939 bits per heavy atom. The predicted molar refractivity (Wildman–Crippen MR) is 128 cm³/mol. The van der Waals surface area contributed by atoms with Crippen LogP contribution in [0.5, 0.6) is 0 Å². The number of thioether (sulfide) groups is 1. The van der Waals surface area contributed by atoms with E-state index in [-0.39, 0.29) is 10.7 Å². The van der Waals surface area contributed by atoms with Crippen LogP contribution in [0.4, 0.5) is 16.9 Å². The molecule has 2 aromatic carbocycles. The van der Waals surface area contributed by atoms with E-state index in [1.165, 1.54) is 10.5 Å². The molecule has 1 aliphatic rings. The van der Waals surface area contributed by atoms with Crippen molar-refractivity contribution in [1.29, 1.82) is 0 Å². The maximum atomic E-state index is 13.4. The zero-order valence-corrected chi connectivity index (χ0v) is 22.1. The van der Waals surface area contributed by atoms with Gasteiger partial charge in [0.1, 0.15) is 0 Å². The van der Waals surface area contributed by atoms with E-state index in [9.17, 15) is 21.7 Å². The summed E-state index contributed by atoms with van der Waals surface area (Å²) in [6.07, 6.45) is 4.48. The molecule has 1 heterocycles. The molecule has 2 unspecified atom stereocenters. The van der Waals surface area contributed by atoms with Crippen LogP contribution in [-0.2, 0) is 0 Å². The van der Waals surface area contributed by atoms with Gasteiger partial charge in [-0.05, 0) is 49.1 Å². The summed E-state index contributed by atoms with van der Waals surface area (Å²) >= 11 is -7.69. The normalized spacial score (nSPS) is 19.9. The minimum absolute atomic E-state index is 0.158. The van der Waals surface area contributed by atoms with Gasteiger partial charge in [0.2, 0.25) is 0 Å². The maximum absolute atomic E-state index is 13.4. The standard InChI is InChI=1S/C23H22OS2.6FH.Sb/c1-14(2)17-12-13-20-21(22(24)18-6-4-5-7-19(18)26-20)23(17)25-16-10-8-15(3)9-11-16;;;;;;;/h4-14,17,23H,1-3H3;6*1H;/q;;;;;;;+5/p-6. The Labute approximate surface area is 198 Å². The van der Waals surface area contributed by atoms with Crippen molar-refractivity contribution in [2.45, 2.75) is 30.9 Å². The molecule has 0 amide bonds. The molecule has 33 heavy (non-hydrogen) atoms. The first-order valence-electron chi connectivity index (χ1n) is 10.0. The average molecular weight is 614 g/mol. The van der Waals surface area contributed by atoms with E-state index in [0.717, 1.165) is 20.5 Å². The first-order valence-corrected chi connectivity index (χ1v) is 17.5. The molecule has 0 fully saturated rings. The Hall–Kier alpha value is -1.44. The van der Waals surface area contributed by atoms with Crippen LogP contribution in [0.25, 0.3) is 16.2 Å². The summed E-state index contributed by atoms with van der Waals surface area (Å²) in [5.74, 6) is 0.841. The molecular weight excluding hydrogens is 592 g/mol. The van der Waals surface area contributed by atoms with Crippen LogP contribution < -0.4 is 5.43 Å². The Balaban J connectivity index is 0.000000383. The summed E-state index contributed by atoms with van der Waals surface area (Å²) in [7, 11) is 0. The van der Waals surface area contributed by atoms with Crippen molar-refractivity contribution in [3.8, 4) is 0 Å². The van der Waals surface area contributed by atoms with Crippen molar-refractivity contribution < 1.29 is 16.9 Å². The van der Waals surface area contributed by atoms with Crippen LogP contribution in [0.2, 0.25) is 0 Å². The van der Waals surface area contributed by atoms with E-state index in [4.69, 9.17) is 0 Å². The topological polar surface area (TPSA) is 17.1 Å². The fourth-order valence-electron chi connectivity index (χ4n) is 3.53. The molecule has 4 rings (SSSR count). The van der Waals surface area contributed by atoms with Crippen LogP contribution in [-0.4, -0.2) is 19.5 Å². The van der Waals surface area contributed by atoms with Gasteiger partial charge < -0.3 is 0 Å². The minimum atomic E-state index is -11.2. The SMILES string of the molecule is Cc1ccc(SC2c3c(sc4ccccc4c3=O)C=CC2C(C)C)cc1.[F][Sb-]([F])([F])([F])([F])[F]. The summed E-state index contributed by atoms with van der Waals surface area (Å²) in [5, 5.41) is 1.01. The van der Waals surface area contributed by atoms with Gasteiger partial charge in [0.25, 0.3) is 0 Å². The molecule has 1 aliphatic carbocycles. The van der Waals surface area contributed by atoms with Gasteiger partial charge in [0.15, 0.2) is 5.43 Å². The fraction of sp³-hybridized carbons (Fsp3) is 0.261. The van der Waals surface area contributed by atoms with Crippen LogP contribution >= 0.6 is 23.1 Å². The third-order valence-electron chi connectivity index (χ3n) is 5.02. The van der Waals surface area contributed by atoms with Crippen molar-refractivity contribution in [2.24, 2.45) is 11.8 Å². The van der Waals surface area contributed by atoms with Gasteiger partial charge in [0, 0.05) is 30.7 Å². The summed E-state index contributed by atoms with van der Waals surface area (Å²) < 4.78 is 60.6. The Bertz CT molecular complexity index is 1240. The van der Waals surface area contributed by atoms with Gasteiger partial charge in [0.05, 0.1) is 0 Å². The van der Waals surface area contributed by atoms with Crippen LogP contribution in [0, 0.1) is 18.8 Å². The summed E-state index contributed by atoms with van der Waals surface area (Å²) in [5.41, 5.74) is 2.45. The Morgan fingerprint density at radius 2 is 1.52 bits per heavy atom. The number of allylic oxidation sites excluding steroid dienone is 1. The zero-order valence-electron chi connectivity index (χ0n) is 17.9. The molecule has 2 atom stereocenters. The quantitative estimate of drug-likeness (QED) is 0.217. The van der Waals surface area contributed by atoms with Crippen molar-refractivity contribution in [3.05, 3.63) is 80.8 Å². The number of rotatable bonds is 3. The zero-order chi connectivity index (χ0) is 24.7. The van der Waals surface area contributed by atoms with Gasteiger partial charge >= 0.3 is 36.4 Å². The molecule has 1 nitrogen and oxygen atoms in total. The van der Waals surface area contributed by atoms with Gasteiger partial charge in [-0.2, -0.15) is 0 Å². The van der Waals surface area contributed by atoms with E-state index >= 15 is 0 Å². The molecule has 0 spiro atoms. The van der Waals surface area contributed by atoms with Crippen molar-refractivity contribution in [3.63, 3.8) is 0 Å². The van der Waals surface area contributed by atoms with Gasteiger partial charge in [-0.1, -0.05) is 49.8 Å². The van der Waals surface area contributed by atoms with E-state index in [1.807, 2.05) is 36.0 Å². The van der Waals surface area contributed by atoms with Crippen molar-refractivity contribution in [1.82, 2.24) is 0 Å². The van der Waals surface area contributed by atoms with Gasteiger partial charge in [-0.15, -0.1) is 23.1 Å². The predicted octanol–water partition coefficient (Wildman–Crippen LogP) is 8.84. The van der Waals surface area contributed by atoms with Crippen molar-refractivity contribution >= 4 is 58.7 Å². The molecule has 180 valence electrons. The van der Waals surface area contributed by atoms with Gasteiger partial charge in [-0.25, -0.2) is 0 Å². The molecule has 0 radical (unpaired) electrons. The fourth-order valence-corrected chi connectivity index (χ4v) is 6.24. The molecule has 0 aliphatic heterocycles. The summed E-state index contributed by atoms with van der Waals surface area (Å²) in [4.78, 5) is 15.7. The van der Waals surface area contributed by atoms with E-state index in [2.05, 4.69) is 57.2 Å². The first kappa shape index (κ1) is 26.2. The number of fused-ring (bicyclic) bond motifs is 2. The number of hydrogen-bond donors (Lipinski definition) is 0. The second-order valence-corrected chi connectivity index (χ2v) is 16.0. The molecule has 0 saturated carbocycles. The molecule has 10 heteroatoms. The first-order chi connectivity index (χ1) is 15.0.